The molecule has 1 aromatic carbocycles. The van der Waals surface area contributed by atoms with Gasteiger partial charge in [0.15, 0.2) is 0 Å². The zero-order chi connectivity index (χ0) is 19.7. The lowest BCUT2D eigenvalue weighted by Crippen LogP contribution is -2.31. The summed E-state index contributed by atoms with van der Waals surface area (Å²) in [5.74, 6) is 0.587. The number of rotatable bonds is 4. The summed E-state index contributed by atoms with van der Waals surface area (Å²) < 4.78 is 7.55. The largest absolute Gasteiger partial charge is 0.488 e. The summed E-state index contributed by atoms with van der Waals surface area (Å²) in [4.78, 5) is 27.7. The lowest BCUT2D eigenvalue weighted by molar-refractivity contribution is 0.0772. The maximum absolute atomic E-state index is 12.8. The molecular formula is C22H22N2O3S. The number of hydrogen-bond donors (Lipinski definition) is 0. The van der Waals surface area contributed by atoms with E-state index in [9.17, 15) is 9.59 Å². The zero-order valence-corrected chi connectivity index (χ0v) is 16.7. The summed E-state index contributed by atoms with van der Waals surface area (Å²) in [5.41, 5.74) is 2.56. The van der Waals surface area contributed by atoms with Crippen molar-refractivity contribution >= 4 is 17.2 Å². The molecule has 4 rings (SSSR count). The topological polar surface area (TPSA) is 51.5 Å². The molecule has 0 spiro atoms. The minimum atomic E-state index is -0.0964. The molecule has 0 bridgehead atoms. The third-order valence-electron chi connectivity index (χ3n) is 5.15. The number of thiophene rings is 1. The minimum absolute atomic E-state index is 0.0176. The van der Waals surface area contributed by atoms with Crippen molar-refractivity contribution in [3.8, 4) is 16.2 Å². The molecule has 1 aliphatic heterocycles. The Kier molecular flexibility index (Phi) is 5.05. The summed E-state index contributed by atoms with van der Waals surface area (Å²) in [6, 6.07) is 15.2. The van der Waals surface area contributed by atoms with Crippen LogP contribution in [-0.2, 0) is 7.05 Å². The molecule has 1 saturated heterocycles. The number of nitrogens with zero attached hydrogens (tertiary/aromatic N) is 2. The van der Waals surface area contributed by atoms with E-state index in [4.69, 9.17) is 4.74 Å². The Morgan fingerprint density at radius 3 is 2.64 bits per heavy atom. The van der Waals surface area contributed by atoms with E-state index >= 15 is 0 Å². The minimum Gasteiger partial charge on any atom is -0.488 e. The van der Waals surface area contributed by atoms with Gasteiger partial charge < -0.3 is 14.2 Å². The number of hydrogen-bond acceptors (Lipinski definition) is 4. The van der Waals surface area contributed by atoms with Gasteiger partial charge in [0.05, 0.1) is 6.54 Å². The number of pyridine rings is 1. The first-order chi connectivity index (χ1) is 13.5. The number of aromatic nitrogens is 1. The second-order valence-electron chi connectivity index (χ2n) is 7.06. The molecule has 0 N–H and O–H groups in total. The fourth-order valence-electron chi connectivity index (χ4n) is 3.41. The van der Waals surface area contributed by atoms with Crippen LogP contribution < -0.4 is 10.3 Å². The lowest BCUT2D eigenvalue weighted by Gasteiger charge is -2.18. The Morgan fingerprint density at radius 1 is 1.18 bits per heavy atom. The predicted octanol–water partition coefficient (Wildman–Crippen LogP) is 3.72. The first-order valence-electron chi connectivity index (χ1n) is 9.29. The first kappa shape index (κ1) is 18.5. The van der Waals surface area contributed by atoms with Crippen LogP contribution in [0.5, 0.6) is 5.75 Å². The first-order valence-corrected chi connectivity index (χ1v) is 10.2. The van der Waals surface area contributed by atoms with E-state index in [1.54, 1.807) is 23.0 Å². The molecule has 2 aromatic heterocycles. The van der Waals surface area contributed by atoms with Crippen molar-refractivity contribution in [1.82, 2.24) is 9.47 Å². The molecule has 0 aliphatic carbocycles. The number of likely N-dealkylation sites (tertiary alicyclic amines) is 1. The lowest BCUT2D eigenvalue weighted by atomic mass is 10.1. The maximum atomic E-state index is 12.8. The van der Waals surface area contributed by atoms with E-state index in [1.807, 2.05) is 53.6 Å². The molecule has 1 amide bonds. The van der Waals surface area contributed by atoms with Crippen LogP contribution in [0, 0.1) is 6.92 Å². The van der Waals surface area contributed by atoms with Gasteiger partial charge in [-0.2, -0.15) is 0 Å². The van der Waals surface area contributed by atoms with E-state index in [0.29, 0.717) is 24.4 Å². The van der Waals surface area contributed by atoms with Crippen LogP contribution in [0.1, 0.15) is 22.5 Å². The highest BCUT2D eigenvalue weighted by atomic mass is 32.1. The zero-order valence-electron chi connectivity index (χ0n) is 15.9. The second-order valence-corrected chi connectivity index (χ2v) is 8.01. The van der Waals surface area contributed by atoms with Crippen LogP contribution in [0.2, 0.25) is 0 Å². The fraction of sp³-hybridized carbons (Fsp3) is 0.273. The molecule has 1 fully saturated rings. The molecule has 3 aromatic rings. The van der Waals surface area contributed by atoms with Gasteiger partial charge in [-0.1, -0.05) is 18.2 Å². The smallest absolute Gasteiger partial charge is 0.254 e. The van der Waals surface area contributed by atoms with Crippen LogP contribution in [-0.4, -0.2) is 34.6 Å². The van der Waals surface area contributed by atoms with Gasteiger partial charge in [0, 0.05) is 42.2 Å². The van der Waals surface area contributed by atoms with Crippen molar-refractivity contribution in [2.24, 2.45) is 7.05 Å². The van der Waals surface area contributed by atoms with Crippen molar-refractivity contribution in [2.45, 2.75) is 19.4 Å². The van der Waals surface area contributed by atoms with Gasteiger partial charge in [0.2, 0.25) is 0 Å². The monoisotopic (exact) mass is 394 g/mol. The Morgan fingerprint density at radius 2 is 1.96 bits per heavy atom. The third-order valence-corrected chi connectivity index (χ3v) is 6.07. The summed E-state index contributed by atoms with van der Waals surface area (Å²) in [6.45, 7) is 3.05. The summed E-state index contributed by atoms with van der Waals surface area (Å²) in [7, 11) is 1.74. The van der Waals surface area contributed by atoms with E-state index in [1.165, 1.54) is 10.9 Å². The fourth-order valence-corrected chi connectivity index (χ4v) is 4.14. The van der Waals surface area contributed by atoms with E-state index < -0.39 is 0 Å². The SMILES string of the molecule is Cc1cc(OC2CCN(C(=O)c3ccc(-c4cccs4)cc3)C2)cc(=O)n1C. The molecule has 1 atom stereocenters. The van der Waals surface area contributed by atoms with Gasteiger partial charge in [-0.25, -0.2) is 0 Å². The Hall–Kier alpha value is -2.86. The summed E-state index contributed by atoms with van der Waals surface area (Å²) in [6.07, 6.45) is 0.661. The maximum Gasteiger partial charge on any atom is 0.254 e. The quantitative estimate of drug-likeness (QED) is 0.678. The van der Waals surface area contributed by atoms with Gasteiger partial charge >= 0.3 is 0 Å². The Bertz CT molecular complexity index is 1040. The Balaban J connectivity index is 1.41. The number of amides is 1. The number of carbonyl (C=O) groups excluding carboxylic acids is 1. The van der Waals surface area contributed by atoms with Gasteiger partial charge in [-0.05, 0) is 42.1 Å². The highest BCUT2D eigenvalue weighted by Gasteiger charge is 2.28. The van der Waals surface area contributed by atoms with Crippen molar-refractivity contribution in [2.75, 3.05) is 13.1 Å². The highest BCUT2D eigenvalue weighted by molar-refractivity contribution is 7.13. The number of benzene rings is 1. The Labute approximate surface area is 167 Å². The molecule has 144 valence electrons. The van der Waals surface area contributed by atoms with E-state index in [0.717, 1.165) is 17.7 Å². The van der Waals surface area contributed by atoms with Crippen molar-refractivity contribution < 1.29 is 9.53 Å². The highest BCUT2D eigenvalue weighted by Crippen LogP contribution is 2.25. The van der Waals surface area contributed by atoms with Crippen LogP contribution >= 0.6 is 11.3 Å². The summed E-state index contributed by atoms with van der Waals surface area (Å²) >= 11 is 1.68. The van der Waals surface area contributed by atoms with Crippen molar-refractivity contribution in [3.63, 3.8) is 0 Å². The van der Waals surface area contributed by atoms with Gasteiger partial charge in [0.25, 0.3) is 11.5 Å². The van der Waals surface area contributed by atoms with Crippen molar-refractivity contribution in [3.05, 3.63) is 75.5 Å². The average molecular weight is 394 g/mol. The van der Waals surface area contributed by atoms with Crippen LogP contribution in [0.3, 0.4) is 0 Å². The third kappa shape index (κ3) is 3.73. The van der Waals surface area contributed by atoms with E-state index in [-0.39, 0.29) is 17.6 Å². The average Bonchev–Trinajstić information content (AvgIpc) is 3.38. The molecule has 3 heterocycles. The van der Waals surface area contributed by atoms with Gasteiger partial charge in [-0.3, -0.25) is 9.59 Å². The summed E-state index contributed by atoms with van der Waals surface area (Å²) in [5, 5.41) is 2.04. The normalized spacial score (nSPS) is 16.4. The predicted molar refractivity (Wildman–Crippen MR) is 111 cm³/mol. The van der Waals surface area contributed by atoms with E-state index in [2.05, 4.69) is 6.07 Å². The molecule has 1 aliphatic rings. The second kappa shape index (κ2) is 7.64. The van der Waals surface area contributed by atoms with Gasteiger partial charge in [-0.15, -0.1) is 11.3 Å². The number of ether oxygens (including phenoxy) is 1. The molecular weight excluding hydrogens is 372 g/mol. The molecule has 5 nitrogen and oxygen atoms in total. The van der Waals surface area contributed by atoms with Gasteiger partial charge in [0.1, 0.15) is 11.9 Å². The molecule has 1 unspecified atom stereocenters. The standard InChI is InChI=1S/C22H22N2O3S/c1-15-12-19(13-21(25)23(15)2)27-18-9-10-24(14-18)22(26)17-7-5-16(6-8-17)20-4-3-11-28-20/h3-8,11-13,18H,9-10,14H2,1-2H3. The number of aryl methyl sites for hydroxylation is 1. The van der Waals surface area contributed by atoms with Crippen LogP contribution in [0.15, 0.2) is 58.7 Å². The molecule has 6 heteroatoms. The van der Waals surface area contributed by atoms with Crippen LogP contribution in [0.25, 0.3) is 10.4 Å². The molecule has 0 saturated carbocycles. The molecule has 0 radical (unpaired) electrons. The van der Waals surface area contributed by atoms with Crippen molar-refractivity contribution in [1.29, 1.82) is 0 Å². The molecule has 28 heavy (non-hydrogen) atoms. The number of carbonyl (C=O) groups is 1. The van der Waals surface area contributed by atoms with Crippen LogP contribution in [0.4, 0.5) is 0 Å².